The third kappa shape index (κ3) is 4.20. The quantitative estimate of drug-likeness (QED) is 0.923. The number of ether oxygens (including phenoxy) is 1. The van der Waals surface area contributed by atoms with Gasteiger partial charge in [0.05, 0.1) is 0 Å². The normalized spacial score (nSPS) is 22.9. The molecule has 1 saturated heterocycles. The predicted molar refractivity (Wildman–Crippen MR) is 88.4 cm³/mol. The van der Waals surface area contributed by atoms with Crippen LogP contribution < -0.4 is 5.32 Å². The summed E-state index contributed by atoms with van der Waals surface area (Å²) in [6.45, 7) is 1.62. The summed E-state index contributed by atoms with van der Waals surface area (Å²) in [5, 5.41) is 3.21. The number of amides is 1. The maximum absolute atomic E-state index is 12.2. The summed E-state index contributed by atoms with van der Waals surface area (Å²) in [6.07, 6.45) is 8.04. The average molecular weight is 299 g/mol. The van der Waals surface area contributed by atoms with Gasteiger partial charge in [-0.3, -0.25) is 4.79 Å². The van der Waals surface area contributed by atoms with E-state index in [4.69, 9.17) is 4.74 Å². The Morgan fingerprint density at radius 2 is 1.91 bits per heavy atom. The molecule has 0 saturated carbocycles. The van der Waals surface area contributed by atoms with E-state index in [9.17, 15) is 4.79 Å². The van der Waals surface area contributed by atoms with E-state index in [-0.39, 0.29) is 5.91 Å². The molecule has 3 heteroatoms. The van der Waals surface area contributed by atoms with Gasteiger partial charge in [0.25, 0.3) is 0 Å². The van der Waals surface area contributed by atoms with Gasteiger partial charge in [0.15, 0.2) is 0 Å². The van der Waals surface area contributed by atoms with Crippen molar-refractivity contribution in [2.45, 2.75) is 44.6 Å². The molecule has 1 aromatic rings. The van der Waals surface area contributed by atoms with E-state index >= 15 is 0 Å². The summed E-state index contributed by atoms with van der Waals surface area (Å²) in [5.74, 6) is 0.723. The zero-order valence-corrected chi connectivity index (χ0v) is 13.1. The fourth-order valence-electron chi connectivity index (χ4n) is 3.38. The van der Waals surface area contributed by atoms with Crippen molar-refractivity contribution < 1.29 is 9.53 Å². The molecule has 118 valence electrons. The molecule has 1 aliphatic heterocycles. The Morgan fingerprint density at radius 3 is 2.59 bits per heavy atom. The van der Waals surface area contributed by atoms with Crippen LogP contribution in [0, 0.1) is 5.92 Å². The molecule has 1 atom stereocenters. The highest BCUT2D eigenvalue weighted by Crippen LogP contribution is 2.27. The third-order valence-corrected chi connectivity index (χ3v) is 4.74. The van der Waals surface area contributed by atoms with Crippen molar-refractivity contribution in [3.05, 3.63) is 42.0 Å². The minimum absolute atomic E-state index is 0.216. The molecule has 0 aromatic heterocycles. The van der Waals surface area contributed by atoms with Gasteiger partial charge in [0.1, 0.15) is 0 Å². The average Bonchev–Trinajstić information content (AvgIpc) is 2.57. The van der Waals surface area contributed by atoms with Crippen LogP contribution in [-0.4, -0.2) is 25.2 Å². The number of hydrogen-bond donors (Lipinski definition) is 1. The highest BCUT2D eigenvalue weighted by molar-refractivity contribution is 5.77. The van der Waals surface area contributed by atoms with Crippen LogP contribution in [0.3, 0.4) is 0 Å². The van der Waals surface area contributed by atoms with Crippen molar-refractivity contribution >= 4 is 11.5 Å². The molecule has 1 unspecified atom stereocenters. The second-order valence-corrected chi connectivity index (χ2v) is 6.39. The highest BCUT2D eigenvalue weighted by Gasteiger charge is 2.21. The number of nitrogens with one attached hydrogen (secondary N) is 1. The van der Waals surface area contributed by atoms with E-state index in [0.29, 0.717) is 18.4 Å². The highest BCUT2D eigenvalue weighted by atomic mass is 16.5. The zero-order chi connectivity index (χ0) is 15.2. The SMILES string of the molecule is O=C(CC1CCOCC1)NC1CC=C(c2ccccc2)CC1. The van der Waals surface area contributed by atoms with E-state index in [2.05, 4.69) is 35.7 Å². The zero-order valence-electron chi connectivity index (χ0n) is 13.1. The molecule has 1 N–H and O–H groups in total. The lowest BCUT2D eigenvalue weighted by Gasteiger charge is -2.25. The molecule has 2 aliphatic rings. The molecule has 0 radical (unpaired) electrons. The molecule has 22 heavy (non-hydrogen) atoms. The van der Waals surface area contributed by atoms with Gasteiger partial charge in [-0.1, -0.05) is 36.4 Å². The van der Waals surface area contributed by atoms with Gasteiger partial charge >= 0.3 is 0 Å². The Bertz CT molecular complexity index is 517. The topological polar surface area (TPSA) is 38.3 Å². The van der Waals surface area contributed by atoms with Crippen LogP contribution >= 0.6 is 0 Å². The Hall–Kier alpha value is -1.61. The molecular weight excluding hydrogens is 274 g/mol. The Balaban J connectivity index is 1.47. The second kappa shape index (κ2) is 7.59. The summed E-state index contributed by atoms with van der Waals surface area (Å²) in [6, 6.07) is 10.8. The standard InChI is InChI=1S/C19H25NO2/c21-19(14-15-10-12-22-13-11-15)20-18-8-6-17(7-9-18)16-4-2-1-3-5-16/h1-6,15,18H,7-14H2,(H,20,21). The molecule has 1 heterocycles. The van der Waals surface area contributed by atoms with Crippen molar-refractivity contribution in [1.29, 1.82) is 0 Å². The van der Waals surface area contributed by atoms with Gasteiger partial charge in [-0.15, -0.1) is 0 Å². The van der Waals surface area contributed by atoms with Crippen molar-refractivity contribution in [2.75, 3.05) is 13.2 Å². The third-order valence-electron chi connectivity index (χ3n) is 4.74. The minimum Gasteiger partial charge on any atom is -0.381 e. The van der Waals surface area contributed by atoms with Crippen LogP contribution in [0.15, 0.2) is 36.4 Å². The maximum Gasteiger partial charge on any atom is 0.220 e. The number of benzene rings is 1. The van der Waals surface area contributed by atoms with E-state index in [1.165, 1.54) is 11.1 Å². The van der Waals surface area contributed by atoms with E-state index in [0.717, 1.165) is 45.3 Å². The van der Waals surface area contributed by atoms with Crippen LogP contribution in [0.2, 0.25) is 0 Å². The first-order valence-electron chi connectivity index (χ1n) is 8.43. The number of carbonyl (C=O) groups excluding carboxylic acids is 1. The van der Waals surface area contributed by atoms with Gasteiger partial charge < -0.3 is 10.1 Å². The lowest BCUT2D eigenvalue weighted by Crippen LogP contribution is -2.37. The molecule has 1 fully saturated rings. The van der Waals surface area contributed by atoms with Crippen LogP contribution in [0.25, 0.3) is 5.57 Å². The predicted octanol–water partition coefficient (Wildman–Crippen LogP) is 3.56. The summed E-state index contributed by atoms with van der Waals surface area (Å²) in [4.78, 5) is 12.2. The molecular formula is C19H25NO2. The van der Waals surface area contributed by atoms with Crippen molar-refractivity contribution in [3.8, 4) is 0 Å². The van der Waals surface area contributed by atoms with Crippen molar-refractivity contribution in [3.63, 3.8) is 0 Å². The fourth-order valence-corrected chi connectivity index (χ4v) is 3.38. The van der Waals surface area contributed by atoms with Crippen LogP contribution in [0.4, 0.5) is 0 Å². The summed E-state index contributed by atoms with van der Waals surface area (Å²) >= 11 is 0. The fraction of sp³-hybridized carbons (Fsp3) is 0.526. The van der Waals surface area contributed by atoms with E-state index in [1.54, 1.807) is 0 Å². The molecule has 0 spiro atoms. The van der Waals surface area contributed by atoms with Gasteiger partial charge in [-0.2, -0.15) is 0 Å². The van der Waals surface area contributed by atoms with Gasteiger partial charge in [-0.05, 0) is 49.2 Å². The second-order valence-electron chi connectivity index (χ2n) is 6.39. The van der Waals surface area contributed by atoms with Crippen LogP contribution in [0.5, 0.6) is 0 Å². The maximum atomic E-state index is 12.2. The van der Waals surface area contributed by atoms with Gasteiger partial charge in [0.2, 0.25) is 5.91 Å². The summed E-state index contributed by atoms with van der Waals surface area (Å²) in [7, 11) is 0. The number of rotatable bonds is 4. The molecule has 1 aromatic carbocycles. The number of allylic oxidation sites excluding steroid dienone is 1. The molecule has 3 rings (SSSR count). The first kappa shape index (κ1) is 15.3. The summed E-state index contributed by atoms with van der Waals surface area (Å²) < 4.78 is 5.35. The number of carbonyl (C=O) groups is 1. The van der Waals surface area contributed by atoms with Gasteiger partial charge in [-0.25, -0.2) is 0 Å². The largest absolute Gasteiger partial charge is 0.381 e. The Labute approximate surface area is 132 Å². The Morgan fingerprint density at radius 1 is 1.14 bits per heavy atom. The van der Waals surface area contributed by atoms with Crippen molar-refractivity contribution in [2.24, 2.45) is 5.92 Å². The van der Waals surface area contributed by atoms with Crippen LogP contribution in [0.1, 0.15) is 44.1 Å². The minimum atomic E-state index is 0.216. The van der Waals surface area contributed by atoms with Crippen molar-refractivity contribution in [1.82, 2.24) is 5.32 Å². The lowest BCUT2D eigenvalue weighted by atomic mass is 9.90. The first-order valence-corrected chi connectivity index (χ1v) is 8.43. The van der Waals surface area contributed by atoms with E-state index < -0.39 is 0 Å². The monoisotopic (exact) mass is 299 g/mol. The van der Waals surface area contributed by atoms with Crippen LogP contribution in [-0.2, 0) is 9.53 Å². The smallest absolute Gasteiger partial charge is 0.220 e. The summed E-state index contributed by atoms with van der Waals surface area (Å²) in [5.41, 5.74) is 2.73. The Kier molecular flexibility index (Phi) is 5.28. The lowest BCUT2D eigenvalue weighted by molar-refractivity contribution is -0.123. The molecule has 0 bridgehead atoms. The van der Waals surface area contributed by atoms with E-state index in [1.807, 2.05) is 6.07 Å². The molecule has 1 aliphatic carbocycles. The first-order chi connectivity index (χ1) is 10.8. The van der Waals surface area contributed by atoms with Gasteiger partial charge in [0, 0.05) is 25.7 Å². The number of hydrogen-bond acceptors (Lipinski definition) is 2. The molecule has 1 amide bonds. The molecule has 3 nitrogen and oxygen atoms in total.